The SMILES string of the molecule is COc1cc2c(nc1OC)c(-c1cc3c(CCl)ccnc3n1S(=O)(=O)c1ccc(C)cc1)cn2C. The molecule has 5 rings (SSSR count). The summed E-state index contributed by atoms with van der Waals surface area (Å²) >= 11 is 6.20. The molecule has 0 bridgehead atoms. The Morgan fingerprint density at radius 1 is 1.06 bits per heavy atom. The molecule has 0 aliphatic rings. The zero-order valence-corrected chi connectivity index (χ0v) is 21.2. The van der Waals surface area contributed by atoms with Crippen molar-refractivity contribution >= 4 is 43.7 Å². The largest absolute Gasteiger partial charge is 0.491 e. The van der Waals surface area contributed by atoms with E-state index in [0.29, 0.717) is 39.4 Å². The molecule has 5 aromatic rings. The molecule has 180 valence electrons. The lowest BCUT2D eigenvalue weighted by molar-refractivity contribution is 0.344. The number of benzene rings is 1. The number of halogens is 1. The van der Waals surface area contributed by atoms with Gasteiger partial charge in [0.1, 0.15) is 5.52 Å². The maximum absolute atomic E-state index is 14.0. The van der Waals surface area contributed by atoms with Crippen molar-refractivity contribution in [3.05, 3.63) is 66.0 Å². The van der Waals surface area contributed by atoms with Crippen molar-refractivity contribution in [2.75, 3.05) is 14.2 Å². The summed E-state index contributed by atoms with van der Waals surface area (Å²) in [6, 6.07) is 12.1. The van der Waals surface area contributed by atoms with E-state index >= 15 is 0 Å². The van der Waals surface area contributed by atoms with Gasteiger partial charge in [-0.25, -0.2) is 22.4 Å². The molecule has 4 heterocycles. The summed E-state index contributed by atoms with van der Waals surface area (Å²) in [4.78, 5) is 9.27. The third-order valence-corrected chi connectivity index (χ3v) is 8.04. The highest BCUT2D eigenvalue weighted by molar-refractivity contribution is 7.90. The van der Waals surface area contributed by atoms with Crippen LogP contribution in [-0.2, 0) is 23.0 Å². The third-order valence-electron chi connectivity index (χ3n) is 6.04. The lowest BCUT2D eigenvalue weighted by Gasteiger charge is -2.12. The Hall–Kier alpha value is -3.56. The molecule has 0 atom stereocenters. The molecule has 0 spiro atoms. The molecule has 0 unspecified atom stereocenters. The van der Waals surface area contributed by atoms with Gasteiger partial charge in [-0.3, -0.25) is 0 Å². The smallest absolute Gasteiger partial charge is 0.269 e. The summed E-state index contributed by atoms with van der Waals surface area (Å²) in [5.74, 6) is 0.994. The van der Waals surface area contributed by atoms with Gasteiger partial charge in [-0.05, 0) is 36.8 Å². The zero-order chi connectivity index (χ0) is 24.9. The Labute approximate surface area is 207 Å². The van der Waals surface area contributed by atoms with Crippen LogP contribution in [0.15, 0.2) is 59.8 Å². The Kier molecular flexibility index (Phi) is 5.69. The van der Waals surface area contributed by atoms with Crippen molar-refractivity contribution in [3.63, 3.8) is 0 Å². The van der Waals surface area contributed by atoms with Crippen LogP contribution in [0.5, 0.6) is 11.6 Å². The number of pyridine rings is 2. The fourth-order valence-corrected chi connectivity index (χ4v) is 5.94. The first kappa shape index (κ1) is 23.2. The predicted octanol–water partition coefficient (Wildman–Crippen LogP) is 4.89. The minimum Gasteiger partial charge on any atom is -0.491 e. The number of methoxy groups -OCH3 is 2. The van der Waals surface area contributed by atoms with Crippen LogP contribution in [0.25, 0.3) is 33.3 Å². The highest BCUT2D eigenvalue weighted by Crippen LogP contribution is 2.39. The van der Waals surface area contributed by atoms with Crippen molar-refractivity contribution in [3.8, 4) is 22.9 Å². The lowest BCUT2D eigenvalue weighted by Crippen LogP contribution is -2.14. The maximum atomic E-state index is 14.0. The minimum absolute atomic E-state index is 0.160. The van der Waals surface area contributed by atoms with Gasteiger partial charge in [-0.15, -0.1) is 11.6 Å². The first-order valence-electron chi connectivity index (χ1n) is 10.8. The molecule has 4 aromatic heterocycles. The number of aryl methyl sites for hydroxylation is 2. The summed E-state index contributed by atoms with van der Waals surface area (Å²) in [5.41, 5.74) is 4.41. The quantitative estimate of drug-likeness (QED) is 0.302. The Morgan fingerprint density at radius 2 is 1.80 bits per heavy atom. The molecule has 1 aromatic carbocycles. The van der Waals surface area contributed by atoms with Crippen LogP contribution in [0, 0.1) is 6.92 Å². The van der Waals surface area contributed by atoms with Gasteiger partial charge in [0.25, 0.3) is 15.9 Å². The van der Waals surface area contributed by atoms with E-state index in [2.05, 4.69) is 9.97 Å². The van der Waals surface area contributed by atoms with E-state index < -0.39 is 10.0 Å². The second-order valence-electron chi connectivity index (χ2n) is 8.17. The third kappa shape index (κ3) is 3.62. The molecule has 0 aliphatic heterocycles. The fourth-order valence-electron chi connectivity index (χ4n) is 4.23. The van der Waals surface area contributed by atoms with Gasteiger partial charge in [-0.1, -0.05) is 17.7 Å². The molecule has 8 nitrogen and oxygen atoms in total. The Morgan fingerprint density at radius 3 is 2.46 bits per heavy atom. The number of alkyl halides is 1. The van der Waals surface area contributed by atoms with E-state index in [-0.39, 0.29) is 10.8 Å². The maximum Gasteiger partial charge on any atom is 0.269 e. The van der Waals surface area contributed by atoms with Crippen molar-refractivity contribution in [1.82, 2.24) is 18.5 Å². The second kappa shape index (κ2) is 8.58. The number of ether oxygens (including phenoxy) is 2. The van der Waals surface area contributed by atoms with Crippen molar-refractivity contribution in [2.45, 2.75) is 17.7 Å². The summed E-state index contributed by atoms with van der Waals surface area (Å²) in [6.07, 6.45) is 3.41. The van der Waals surface area contributed by atoms with Crippen LogP contribution in [0.1, 0.15) is 11.1 Å². The molecule has 0 saturated carbocycles. The van der Waals surface area contributed by atoms with Crippen LogP contribution < -0.4 is 9.47 Å². The summed E-state index contributed by atoms with van der Waals surface area (Å²) in [6.45, 7) is 1.91. The predicted molar refractivity (Wildman–Crippen MR) is 136 cm³/mol. The van der Waals surface area contributed by atoms with E-state index in [9.17, 15) is 8.42 Å². The van der Waals surface area contributed by atoms with Crippen molar-refractivity contribution in [1.29, 1.82) is 0 Å². The van der Waals surface area contributed by atoms with E-state index in [4.69, 9.17) is 21.1 Å². The zero-order valence-electron chi connectivity index (χ0n) is 19.6. The van der Waals surface area contributed by atoms with Crippen LogP contribution >= 0.6 is 11.6 Å². The highest BCUT2D eigenvalue weighted by Gasteiger charge is 2.28. The Balaban J connectivity index is 1.89. The molecule has 0 N–H and O–H groups in total. The lowest BCUT2D eigenvalue weighted by atomic mass is 10.1. The molecule has 0 amide bonds. The van der Waals surface area contributed by atoms with Crippen LogP contribution in [0.2, 0.25) is 0 Å². The van der Waals surface area contributed by atoms with E-state index in [0.717, 1.165) is 16.6 Å². The topological polar surface area (TPSA) is 88.2 Å². The van der Waals surface area contributed by atoms with Gasteiger partial charge in [0, 0.05) is 42.3 Å². The van der Waals surface area contributed by atoms with Crippen molar-refractivity contribution < 1.29 is 17.9 Å². The monoisotopic (exact) mass is 510 g/mol. The molecule has 0 saturated heterocycles. The molecule has 35 heavy (non-hydrogen) atoms. The number of aromatic nitrogens is 4. The second-order valence-corrected chi connectivity index (χ2v) is 10.2. The summed E-state index contributed by atoms with van der Waals surface area (Å²) in [7, 11) is 0.903. The van der Waals surface area contributed by atoms with Crippen LogP contribution in [0.3, 0.4) is 0 Å². The average Bonchev–Trinajstić information content (AvgIpc) is 3.41. The van der Waals surface area contributed by atoms with Crippen LogP contribution in [0.4, 0.5) is 0 Å². The van der Waals surface area contributed by atoms with Crippen LogP contribution in [-0.4, -0.2) is 41.1 Å². The summed E-state index contributed by atoms with van der Waals surface area (Å²) < 4.78 is 42.0. The first-order valence-corrected chi connectivity index (χ1v) is 12.7. The molecule has 0 fully saturated rings. The van der Waals surface area contributed by atoms with Gasteiger partial charge in [0.2, 0.25) is 0 Å². The summed E-state index contributed by atoms with van der Waals surface area (Å²) in [5, 5.41) is 0.658. The van der Waals surface area contributed by atoms with Gasteiger partial charge in [0.05, 0.1) is 30.3 Å². The van der Waals surface area contributed by atoms with Crippen molar-refractivity contribution in [2.24, 2.45) is 7.05 Å². The van der Waals surface area contributed by atoms with E-state index in [1.165, 1.54) is 11.1 Å². The molecule has 0 aliphatic carbocycles. The number of rotatable bonds is 6. The van der Waals surface area contributed by atoms with Gasteiger partial charge in [-0.2, -0.15) is 0 Å². The normalized spacial score (nSPS) is 11.9. The molecular formula is C25H23ClN4O4S. The number of hydrogen-bond donors (Lipinski definition) is 0. The average molecular weight is 511 g/mol. The Bertz CT molecular complexity index is 1690. The highest BCUT2D eigenvalue weighted by atomic mass is 35.5. The van der Waals surface area contributed by atoms with Gasteiger partial charge >= 0.3 is 0 Å². The minimum atomic E-state index is -4.01. The molecule has 0 radical (unpaired) electrons. The molecular weight excluding hydrogens is 488 g/mol. The van der Waals surface area contributed by atoms with E-state index in [1.807, 2.05) is 30.8 Å². The standard InChI is InChI=1S/C25H23ClN4O4S/c1-15-5-7-17(8-6-15)35(31,32)30-20(11-18-16(13-26)9-10-27-24(18)30)19-14-29(2)21-12-22(33-3)25(34-4)28-23(19)21/h5-12,14H,13H2,1-4H3. The number of fused-ring (bicyclic) bond motifs is 2. The van der Waals surface area contributed by atoms with Gasteiger partial charge < -0.3 is 14.0 Å². The molecule has 10 heteroatoms. The fraction of sp³-hybridized carbons (Fsp3) is 0.200. The number of hydrogen-bond acceptors (Lipinski definition) is 6. The first-order chi connectivity index (χ1) is 16.8. The van der Waals surface area contributed by atoms with E-state index in [1.54, 1.807) is 49.7 Å². The number of nitrogens with zero attached hydrogens (tertiary/aromatic N) is 4. The van der Waals surface area contributed by atoms with Gasteiger partial charge in [0.15, 0.2) is 11.4 Å².